The highest BCUT2D eigenvalue weighted by Gasteiger charge is 2.10. The van der Waals surface area contributed by atoms with Gasteiger partial charge in [0.1, 0.15) is 0 Å². The van der Waals surface area contributed by atoms with Crippen LogP contribution >= 0.6 is 12.2 Å². The molecule has 1 rings (SSSR count). The molecule has 122 valence electrons. The number of para-hydroxylation sites is 1. The number of methoxy groups -OCH3 is 1. The van der Waals surface area contributed by atoms with E-state index < -0.39 is 11.7 Å². The summed E-state index contributed by atoms with van der Waals surface area (Å²) in [5, 5.41) is 4.71. The minimum absolute atomic E-state index is 0.0283. The van der Waals surface area contributed by atoms with Crippen LogP contribution in [0.3, 0.4) is 0 Å². The van der Waals surface area contributed by atoms with E-state index in [4.69, 9.17) is 21.7 Å². The van der Waals surface area contributed by atoms with Crippen molar-refractivity contribution in [3.8, 4) is 5.75 Å². The Kier molecular flexibility index (Phi) is 8.16. The standard InChI is InChI=1S/C14H20FN3O3S/c1-18(14(22)16-8-5-9-20-2)17-13(19)10-21-12-7-4-3-6-11(12)15/h3-4,6-7H,5,8-10H2,1-2H3,(H,16,22)(H,17,19). The van der Waals surface area contributed by atoms with Crippen molar-refractivity contribution in [1.82, 2.24) is 15.8 Å². The van der Waals surface area contributed by atoms with Crippen LogP contribution < -0.4 is 15.5 Å². The second kappa shape index (κ2) is 9.91. The Morgan fingerprint density at radius 1 is 1.41 bits per heavy atom. The molecule has 0 spiro atoms. The zero-order valence-corrected chi connectivity index (χ0v) is 13.4. The number of carbonyl (C=O) groups excluding carboxylic acids is 1. The minimum Gasteiger partial charge on any atom is -0.481 e. The lowest BCUT2D eigenvalue weighted by atomic mass is 10.3. The van der Waals surface area contributed by atoms with Gasteiger partial charge in [-0.05, 0) is 30.8 Å². The zero-order valence-electron chi connectivity index (χ0n) is 12.6. The van der Waals surface area contributed by atoms with E-state index in [9.17, 15) is 9.18 Å². The van der Waals surface area contributed by atoms with Gasteiger partial charge < -0.3 is 14.8 Å². The van der Waals surface area contributed by atoms with Crippen LogP contribution in [0, 0.1) is 5.82 Å². The number of hydrogen-bond acceptors (Lipinski definition) is 4. The molecule has 0 aromatic heterocycles. The van der Waals surface area contributed by atoms with Crippen LogP contribution in [0.1, 0.15) is 6.42 Å². The fraction of sp³-hybridized carbons (Fsp3) is 0.429. The molecule has 0 aliphatic heterocycles. The highest BCUT2D eigenvalue weighted by molar-refractivity contribution is 7.80. The molecule has 0 radical (unpaired) electrons. The molecule has 1 amide bonds. The van der Waals surface area contributed by atoms with Crippen molar-refractivity contribution in [2.75, 3.05) is 33.9 Å². The predicted molar refractivity (Wildman–Crippen MR) is 84.9 cm³/mol. The van der Waals surface area contributed by atoms with Crippen molar-refractivity contribution >= 4 is 23.2 Å². The van der Waals surface area contributed by atoms with E-state index >= 15 is 0 Å². The molecule has 0 aliphatic rings. The summed E-state index contributed by atoms with van der Waals surface area (Å²) in [4.78, 5) is 11.7. The van der Waals surface area contributed by atoms with Gasteiger partial charge in [-0.2, -0.15) is 0 Å². The maximum Gasteiger partial charge on any atom is 0.276 e. The first-order valence-corrected chi connectivity index (χ1v) is 7.12. The molecule has 1 aromatic rings. The summed E-state index contributed by atoms with van der Waals surface area (Å²) in [6.07, 6.45) is 0.800. The van der Waals surface area contributed by atoms with Gasteiger partial charge in [0.2, 0.25) is 0 Å². The molecule has 0 heterocycles. The van der Waals surface area contributed by atoms with Gasteiger partial charge in [0.05, 0.1) is 0 Å². The average molecular weight is 329 g/mol. The van der Waals surface area contributed by atoms with E-state index in [0.29, 0.717) is 18.3 Å². The van der Waals surface area contributed by atoms with Crippen LogP contribution in [0.2, 0.25) is 0 Å². The van der Waals surface area contributed by atoms with Crippen molar-refractivity contribution in [2.24, 2.45) is 0 Å². The molecule has 0 saturated heterocycles. The van der Waals surface area contributed by atoms with Gasteiger partial charge >= 0.3 is 0 Å². The van der Waals surface area contributed by atoms with Crippen LogP contribution in [0.5, 0.6) is 5.75 Å². The molecule has 0 saturated carbocycles. The summed E-state index contributed by atoms with van der Waals surface area (Å²) in [6, 6.07) is 5.89. The Bertz CT molecular complexity index is 502. The Morgan fingerprint density at radius 2 is 2.14 bits per heavy atom. The minimum atomic E-state index is -0.515. The Balaban J connectivity index is 2.29. The summed E-state index contributed by atoms with van der Waals surface area (Å²) in [5.74, 6) is -0.925. The number of benzene rings is 1. The van der Waals surface area contributed by atoms with E-state index in [0.717, 1.165) is 6.42 Å². The number of hydrogen-bond donors (Lipinski definition) is 2. The first-order valence-electron chi connectivity index (χ1n) is 6.72. The third-order valence-electron chi connectivity index (χ3n) is 2.59. The first kappa shape index (κ1) is 18.1. The highest BCUT2D eigenvalue weighted by Crippen LogP contribution is 2.14. The predicted octanol–water partition coefficient (Wildman–Crippen LogP) is 1.08. The monoisotopic (exact) mass is 329 g/mol. The topological polar surface area (TPSA) is 62.8 Å². The molecule has 0 aliphatic carbocycles. The summed E-state index contributed by atoms with van der Waals surface area (Å²) < 4.78 is 23.3. The van der Waals surface area contributed by atoms with E-state index in [1.807, 2.05) is 0 Å². The highest BCUT2D eigenvalue weighted by atomic mass is 32.1. The molecule has 6 nitrogen and oxygen atoms in total. The lowest BCUT2D eigenvalue weighted by molar-refractivity contribution is -0.126. The third kappa shape index (κ3) is 6.68. The number of ether oxygens (including phenoxy) is 2. The second-order valence-electron chi connectivity index (χ2n) is 4.39. The van der Waals surface area contributed by atoms with Crippen molar-refractivity contribution < 1.29 is 18.7 Å². The number of hydrazine groups is 1. The first-order chi connectivity index (χ1) is 10.5. The molecule has 0 atom stereocenters. The Morgan fingerprint density at radius 3 is 2.82 bits per heavy atom. The number of rotatable bonds is 7. The molecule has 2 N–H and O–H groups in total. The lowest BCUT2D eigenvalue weighted by Crippen LogP contribution is -2.49. The lowest BCUT2D eigenvalue weighted by Gasteiger charge is -2.21. The van der Waals surface area contributed by atoms with Gasteiger partial charge in [-0.3, -0.25) is 15.2 Å². The fourth-order valence-electron chi connectivity index (χ4n) is 1.51. The number of amides is 1. The van der Waals surface area contributed by atoms with E-state index in [2.05, 4.69) is 10.7 Å². The molecule has 8 heteroatoms. The van der Waals surface area contributed by atoms with E-state index in [1.54, 1.807) is 26.3 Å². The van der Waals surface area contributed by atoms with Gasteiger partial charge in [-0.25, -0.2) is 4.39 Å². The molecule has 0 bridgehead atoms. The van der Waals surface area contributed by atoms with E-state index in [1.165, 1.54) is 17.1 Å². The van der Waals surface area contributed by atoms with Crippen LogP contribution in [0.4, 0.5) is 4.39 Å². The largest absolute Gasteiger partial charge is 0.481 e. The van der Waals surface area contributed by atoms with Gasteiger partial charge in [0.25, 0.3) is 5.91 Å². The van der Waals surface area contributed by atoms with Crippen molar-refractivity contribution in [3.05, 3.63) is 30.1 Å². The number of thiocarbonyl (C=S) groups is 1. The quantitative estimate of drug-likeness (QED) is 0.443. The van der Waals surface area contributed by atoms with Crippen LogP contribution in [-0.4, -0.2) is 49.9 Å². The fourth-order valence-corrected chi connectivity index (χ4v) is 1.65. The maximum absolute atomic E-state index is 13.3. The van der Waals surface area contributed by atoms with Gasteiger partial charge in [0.15, 0.2) is 23.3 Å². The average Bonchev–Trinajstić information content (AvgIpc) is 2.50. The third-order valence-corrected chi connectivity index (χ3v) is 3.01. The summed E-state index contributed by atoms with van der Waals surface area (Å²) in [5.41, 5.74) is 2.52. The van der Waals surface area contributed by atoms with Gasteiger partial charge in [-0.1, -0.05) is 12.1 Å². The number of halogens is 1. The van der Waals surface area contributed by atoms with Crippen LogP contribution in [-0.2, 0) is 9.53 Å². The van der Waals surface area contributed by atoms with Crippen LogP contribution in [0.15, 0.2) is 24.3 Å². The number of nitrogens with zero attached hydrogens (tertiary/aromatic N) is 1. The summed E-state index contributed by atoms with van der Waals surface area (Å²) in [7, 11) is 3.23. The van der Waals surface area contributed by atoms with Crippen molar-refractivity contribution in [1.29, 1.82) is 0 Å². The van der Waals surface area contributed by atoms with Crippen LogP contribution in [0.25, 0.3) is 0 Å². The van der Waals surface area contributed by atoms with Crippen molar-refractivity contribution in [2.45, 2.75) is 6.42 Å². The molecule has 22 heavy (non-hydrogen) atoms. The SMILES string of the molecule is COCCCNC(=S)N(C)NC(=O)COc1ccccc1F. The summed E-state index contributed by atoms with van der Waals surface area (Å²) in [6.45, 7) is 0.957. The maximum atomic E-state index is 13.3. The zero-order chi connectivity index (χ0) is 16.4. The Hall–Kier alpha value is -1.93. The number of carbonyl (C=O) groups is 1. The summed E-state index contributed by atoms with van der Waals surface area (Å²) >= 11 is 5.10. The molecule has 0 fully saturated rings. The molecular weight excluding hydrogens is 309 g/mol. The van der Waals surface area contributed by atoms with Crippen molar-refractivity contribution in [3.63, 3.8) is 0 Å². The Labute approximate surface area is 134 Å². The van der Waals surface area contributed by atoms with E-state index in [-0.39, 0.29) is 12.4 Å². The van der Waals surface area contributed by atoms with Gasteiger partial charge in [0, 0.05) is 27.3 Å². The second-order valence-corrected chi connectivity index (χ2v) is 4.78. The molecule has 0 unspecified atom stereocenters. The number of nitrogens with one attached hydrogen (secondary N) is 2. The normalized spacial score (nSPS) is 9.95. The smallest absolute Gasteiger partial charge is 0.276 e. The molecule has 1 aromatic carbocycles. The molecular formula is C14H20FN3O3S. The van der Waals surface area contributed by atoms with Gasteiger partial charge in [-0.15, -0.1) is 0 Å².